The van der Waals surface area contributed by atoms with Crippen molar-refractivity contribution in [2.24, 2.45) is 5.41 Å². The molecule has 1 aliphatic carbocycles. The van der Waals surface area contributed by atoms with Gasteiger partial charge in [-0.1, -0.05) is 0 Å². The van der Waals surface area contributed by atoms with Crippen LogP contribution in [0.1, 0.15) is 45.4 Å². The molecule has 1 atom stereocenters. The third-order valence-electron chi connectivity index (χ3n) is 5.16. The van der Waals surface area contributed by atoms with Gasteiger partial charge in [0.25, 0.3) is 0 Å². The van der Waals surface area contributed by atoms with Crippen LogP contribution in [0.4, 0.5) is 0 Å². The highest BCUT2D eigenvalue weighted by Crippen LogP contribution is 2.43. The molecule has 112 valence electrons. The Labute approximate surface area is 121 Å². The molecule has 0 bridgehead atoms. The second-order valence-corrected chi connectivity index (χ2v) is 6.71. The van der Waals surface area contributed by atoms with Crippen LogP contribution in [0.15, 0.2) is 12.7 Å². The standard InChI is InChI=1S/C15H27N5/c1-13(10-20-12-17-11-18-20)19-14-2-4-15(5-3-14)6-8-16-9-7-15/h11-14,16,19H,2-10H2,1H3/t13-/m1/s1. The molecular formula is C15H27N5. The first kappa shape index (κ1) is 14.0. The summed E-state index contributed by atoms with van der Waals surface area (Å²) in [6, 6.07) is 1.15. The Morgan fingerprint density at radius 3 is 2.70 bits per heavy atom. The molecule has 2 N–H and O–H groups in total. The van der Waals surface area contributed by atoms with Gasteiger partial charge in [0, 0.05) is 12.1 Å². The van der Waals surface area contributed by atoms with Gasteiger partial charge < -0.3 is 10.6 Å². The molecule has 1 aromatic heterocycles. The van der Waals surface area contributed by atoms with Crippen molar-refractivity contribution in [1.82, 2.24) is 25.4 Å². The van der Waals surface area contributed by atoms with Crippen LogP contribution in [-0.4, -0.2) is 39.9 Å². The molecule has 0 aromatic carbocycles. The molecule has 1 saturated carbocycles. The van der Waals surface area contributed by atoms with E-state index < -0.39 is 0 Å². The zero-order valence-corrected chi connectivity index (χ0v) is 12.5. The molecule has 0 amide bonds. The van der Waals surface area contributed by atoms with E-state index in [2.05, 4.69) is 27.6 Å². The molecule has 0 unspecified atom stereocenters. The van der Waals surface area contributed by atoms with E-state index in [9.17, 15) is 0 Å². The van der Waals surface area contributed by atoms with Crippen LogP contribution in [0.2, 0.25) is 0 Å². The molecule has 3 rings (SSSR count). The number of aromatic nitrogens is 3. The Morgan fingerprint density at radius 1 is 1.30 bits per heavy atom. The molecule has 5 nitrogen and oxygen atoms in total. The van der Waals surface area contributed by atoms with Crippen LogP contribution in [0, 0.1) is 5.41 Å². The topological polar surface area (TPSA) is 54.8 Å². The summed E-state index contributed by atoms with van der Waals surface area (Å²) in [7, 11) is 0. The van der Waals surface area contributed by atoms with E-state index in [-0.39, 0.29) is 0 Å². The lowest BCUT2D eigenvalue weighted by atomic mass is 9.67. The summed E-state index contributed by atoms with van der Waals surface area (Å²) < 4.78 is 1.91. The Balaban J connectivity index is 1.44. The van der Waals surface area contributed by atoms with Crippen LogP contribution < -0.4 is 10.6 Å². The lowest BCUT2D eigenvalue weighted by molar-refractivity contribution is 0.112. The molecule has 5 heteroatoms. The molecule has 2 fully saturated rings. The van der Waals surface area contributed by atoms with E-state index in [1.807, 2.05) is 4.68 Å². The molecular weight excluding hydrogens is 250 g/mol. The lowest BCUT2D eigenvalue weighted by Crippen LogP contribution is -2.45. The van der Waals surface area contributed by atoms with Gasteiger partial charge in [0.15, 0.2) is 0 Å². The highest BCUT2D eigenvalue weighted by atomic mass is 15.3. The molecule has 0 radical (unpaired) electrons. The fraction of sp³-hybridized carbons (Fsp3) is 0.867. The highest BCUT2D eigenvalue weighted by molar-refractivity contribution is 4.91. The first-order valence-electron chi connectivity index (χ1n) is 8.05. The van der Waals surface area contributed by atoms with Gasteiger partial charge in [-0.2, -0.15) is 5.10 Å². The number of nitrogens with zero attached hydrogens (tertiary/aromatic N) is 3. The molecule has 20 heavy (non-hydrogen) atoms. The molecule has 1 saturated heterocycles. The second-order valence-electron chi connectivity index (χ2n) is 6.71. The van der Waals surface area contributed by atoms with Crippen molar-refractivity contribution in [3.05, 3.63) is 12.7 Å². The number of rotatable bonds is 4. The Hall–Kier alpha value is -0.940. The summed E-state index contributed by atoms with van der Waals surface area (Å²) in [6.07, 6.45) is 11.6. The minimum absolute atomic E-state index is 0.462. The quantitative estimate of drug-likeness (QED) is 0.877. The molecule has 2 heterocycles. The smallest absolute Gasteiger partial charge is 0.137 e. The van der Waals surface area contributed by atoms with Crippen LogP contribution in [0.5, 0.6) is 0 Å². The van der Waals surface area contributed by atoms with Gasteiger partial charge in [-0.25, -0.2) is 4.98 Å². The fourth-order valence-electron chi connectivity index (χ4n) is 3.92. The van der Waals surface area contributed by atoms with Gasteiger partial charge in [0.05, 0.1) is 6.54 Å². The first-order chi connectivity index (χ1) is 9.76. The number of hydrogen-bond donors (Lipinski definition) is 2. The third kappa shape index (κ3) is 3.38. The summed E-state index contributed by atoms with van der Waals surface area (Å²) in [5.41, 5.74) is 0.665. The summed E-state index contributed by atoms with van der Waals surface area (Å²) >= 11 is 0. The first-order valence-corrected chi connectivity index (χ1v) is 8.05. The van der Waals surface area contributed by atoms with Gasteiger partial charge >= 0.3 is 0 Å². The van der Waals surface area contributed by atoms with E-state index in [1.54, 1.807) is 12.7 Å². The Morgan fingerprint density at radius 2 is 2.05 bits per heavy atom. The van der Waals surface area contributed by atoms with Gasteiger partial charge in [-0.3, -0.25) is 4.68 Å². The normalized spacial score (nSPS) is 24.9. The molecule has 1 spiro atoms. The average Bonchev–Trinajstić information content (AvgIpc) is 2.95. The number of piperidine rings is 1. The SMILES string of the molecule is C[C@H](Cn1cncn1)NC1CCC2(CCNCC2)CC1. The number of nitrogens with one attached hydrogen (secondary N) is 2. The second kappa shape index (κ2) is 6.22. The van der Waals surface area contributed by atoms with Gasteiger partial charge in [0.2, 0.25) is 0 Å². The predicted molar refractivity (Wildman–Crippen MR) is 79.4 cm³/mol. The van der Waals surface area contributed by atoms with Crippen molar-refractivity contribution in [3.8, 4) is 0 Å². The average molecular weight is 277 g/mol. The monoisotopic (exact) mass is 277 g/mol. The fourth-order valence-corrected chi connectivity index (χ4v) is 3.92. The zero-order valence-electron chi connectivity index (χ0n) is 12.5. The van der Waals surface area contributed by atoms with Gasteiger partial charge in [0.1, 0.15) is 12.7 Å². The predicted octanol–water partition coefficient (Wildman–Crippen LogP) is 1.57. The van der Waals surface area contributed by atoms with E-state index >= 15 is 0 Å². The van der Waals surface area contributed by atoms with Crippen LogP contribution in [-0.2, 0) is 6.54 Å². The Bertz CT molecular complexity index is 386. The van der Waals surface area contributed by atoms with Crippen LogP contribution in [0.3, 0.4) is 0 Å². The maximum absolute atomic E-state index is 4.18. The van der Waals surface area contributed by atoms with Crippen molar-refractivity contribution < 1.29 is 0 Å². The van der Waals surface area contributed by atoms with Crippen LogP contribution in [0.25, 0.3) is 0 Å². The maximum atomic E-state index is 4.18. The summed E-state index contributed by atoms with van der Waals surface area (Å²) in [5.74, 6) is 0. The van der Waals surface area contributed by atoms with Crippen molar-refractivity contribution in [2.45, 2.75) is 64.1 Å². The zero-order chi connectivity index (χ0) is 13.8. The van der Waals surface area contributed by atoms with Crippen molar-refractivity contribution in [2.75, 3.05) is 13.1 Å². The van der Waals surface area contributed by atoms with Gasteiger partial charge in [-0.15, -0.1) is 0 Å². The largest absolute Gasteiger partial charge is 0.317 e. The minimum atomic E-state index is 0.462. The van der Waals surface area contributed by atoms with E-state index in [0.717, 1.165) is 6.54 Å². The molecule has 2 aliphatic rings. The minimum Gasteiger partial charge on any atom is -0.317 e. The number of hydrogen-bond acceptors (Lipinski definition) is 4. The summed E-state index contributed by atoms with van der Waals surface area (Å²) in [4.78, 5) is 4.00. The van der Waals surface area contributed by atoms with E-state index in [4.69, 9.17) is 0 Å². The van der Waals surface area contributed by atoms with Crippen molar-refractivity contribution in [3.63, 3.8) is 0 Å². The van der Waals surface area contributed by atoms with Crippen LogP contribution >= 0.6 is 0 Å². The van der Waals surface area contributed by atoms with Crippen molar-refractivity contribution in [1.29, 1.82) is 0 Å². The molecule has 1 aliphatic heterocycles. The third-order valence-corrected chi connectivity index (χ3v) is 5.16. The van der Waals surface area contributed by atoms with E-state index in [1.165, 1.54) is 51.6 Å². The Kier molecular flexibility index (Phi) is 4.36. The summed E-state index contributed by atoms with van der Waals surface area (Å²) in [5, 5.41) is 11.4. The van der Waals surface area contributed by atoms with Crippen molar-refractivity contribution >= 4 is 0 Å². The summed E-state index contributed by atoms with van der Waals surface area (Å²) in [6.45, 7) is 5.60. The lowest BCUT2D eigenvalue weighted by Gasteiger charge is -2.43. The van der Waals surface area contributed by atoms with Gasteiger partial charge in [-0.05, 0) is 64.0 Å². The molecule has 1 aromatic rings. The maximum Gasteiger partial charge on any atom is 0.137 e. The van der Waals surface area contributed by atoms with E-state index in [0.29, 0.717) is 17.5 Å². The highest BCUT2D eigenvalue weighted by Gasteiger charge is 2.36.